The van der Waals surface area contributed by atoms with Crippen molar-refractivity contribution >= 4 is 72.6 Å². The second-order valence-electron chi connectivity index (χ2n) is 11.6. The monoisotopic (exact) mass is 736 g/mol. The van der Waals surface area contributed by atoms with Crippen molar-refractivity contribution in [2.45, 2.75) is 63.6 Å². The number of ether oxygens (including phenoxy) is 1. The number of carbonyl (C=O) groups excluding carboxylic acids is 4. The van der Waals surface area contributed by atoms with Crippen LogP contribution in [-0.2, 0) is 25.7 Å². The first-order valence-electron chi connectivity index (χ1n) is 14.4. The summed E-state index contributed by atoms with van der Waals surface area (Å²) >= 11 is 8.03. The van der Waals surface area contributed by atoms with Crippen LogP contribution in [0.4, 0.5) is 5.69 Å². The van der Waals surface area contributed by atoms with Crippen molar-refractivity contribution in [3.63, 3.8) is 0 Å². The summed E-state index contributed by atoms with van der Waals surface area (Å²) < 4.78 is 7.21. The highest BCUT2D eigenvalue weighted by atomic mass is 79.9. The van der Waals surface area contributed by atoms with Crippen LogP contribution in [0, 0.1) is 23.7 Å². The van der Waals surface area contributed by atoms with Gasteiger partial charge in [0.25, 0.3) is 11.5 Å². The van der Waals surface area contributed by atoms with Crippen LogP contribution in [0.15, 0.2) is 48.9 Å². The van der Waals surface area contributed by atoms with Gasteiger partial charge in [0.1, 0.15) is 18.3 Å². The predicted octanol–water partition coefficient (Wildman–Crippen LogP) is 4.62. The summed E-state index contributed by atoms with van der Waals surface area (Å²) in [6.45, 7) is -0.148. The average Bonchev–Trinajstić information content (AvgIpc) is 3.31. The molecule has 3 amide bonds. The fourth-order valence-corrected chi connectivity index (χ4v) is 9.83. The van der Waals surface area contributed by atoms with Crippen LogP contribution in [0.5, 0.6) is 0 Å². The molecule has 1 atom stereocenters. The van der Waals surface area contributed by atoms with E-state index in [1.807, 2.05) is 0 Å². The number of nitrogens with one attached hydrogen (secondary N) is 3. The predicted molar refractivity (Wildman–Crippen MR) is 170 cm³/mol. The van der Waals surface area contributed by atoms with Crippen molar-refractivity contribution < 1.29 is 23.9 Å². The maximum atomic E-state index is 13.4. The zero-order valence-corrected chi connectivity index (χ0v) is 27.6. The summed E-state index contributed by atoms with van der Waals surface area (Å²) in [4.78, 5) is 64.1. The van der Waals surface area contributed by atoms with E-state index in [0.29, 0.717) is 21.2 Å². The molecule has 0 unspecified atom stereocenters. The zero-order valence-electron chi connectivity index (χ0n) is 23.6. The minimum atomic E-state index is -1.02. The van der Waals surface area contributed by atoms with Crippen molar-refractivity contribution in [1.82, 2.24) is 15.2 Å². The summed E-state index contributed by atoms with van der Waals surface area (Å²) in [7, 11) is 1.26. The molecule has 2 heterocycles. The van der Waals surface area contributed by atoms with Gasteiger partial charge in [-0.25, -0.2) is 4.79 Å². The second kappa shape index (κ2) is 13.9. The quantitative estimate of drug-likeness (QED) is 0.228. The van der Waals surface area contributed by atoms with E-state index in [4.69, 9.17) is 0 Å². The Morgan fingerprint density at radius 3 is 2.44 bits per heavy atom. The molecule has 0 spiro atoms. The summed E-state index contributed by atoms with van der Waals surface area (Å²) in [5, 5.41) is 8.58. The van der Waals surface area contributed by atoms with E-state index in [2.05, 4.69) is 52.5 Å². The summed E-state index contributed by atoms with van der Waals surface area (Å²) in [5.41, 5.74) is -0.165. The van der Waals surface area contributed by atoms with E-state index in [1.54, 1.807) is 18.2 Å². The highest BCUT2D eigenvalue weighted by Gasteiger charge is 2.48. The Balaban J connectivity index is 1.24. The molecule has 230 valence electrons. The molecule has 2 aromatic rings. The molecule has 0 aromatic carbocycles. The zero-order chi connectivity index (χ0) is 30.7. The molecule has 6 rings (SSSR count). The van der Waals surface area contributed by atoms with Gasteiger partial charge in [0.2, 0.25) is 11.8 Å². The number of rotatable bonds is 11. The molecule has 4 fully saturated rings. The lowest BCUT2D eigenvalue weighted by atomic mass is 9.54. The Bertz CT molecular complexity index is 1460. The molecular weight excluding hydrogens is 704 g/mol. The third-order valence-corrected chi connectivity index (χ3v) is 11.1. The lowest BCUT2D eigenvalue weighted by molar-refractivity contribution is -0.134. The van der Waals surface area contributed by atoms with Crippen LogP contribution in [0.25, 0.3) is 0 Å². The van der Waals surface area contributed by atoms with Crippen LogP contribution in [0.1, 0.15) is 55.3 Å². The van der Waals surface area contributed by atoms with Gasteiger partial charge in [0.15, 0.2) is 0 Å². The van der Waals surface area contributed by atoms with Gasteiger partial charge in [-0.15, -0.1) is 11.3 Å². The summed E-state index contributed by atoms with van der Waals surface area (Å²) in [6, 6.07) is 3.85. The first-order valence-corrected chi connectivity index (χ1v) is 16.8. The van der Waals surface area contributed by atoms with Gasteiger partial charge in [-0.1, -0.05) is 6.08 Å². The Hall–Kier alpha value is -2.77. The number of amides is 3. The van der Waals surface area contributed by atoms with E-state index in [1.165, 1.54) is 73.5 Å². The maximum absolute atomic E-state index is 13.4. The number of carbonyl (C=O) groups is 4. The summed E-state index contributed by atoms with van der Waals surface area (Å²) in [6.07, 6.45) is 10.8. The number of esters is 1. The van der Waals surface area contributed by atoms with Crippen LogP contribution in [0.2, 0.25) is 0 Å². The lowest BCUT2D eigenvalue weighted by Gasteiger charge is -2.54. The fourth-order valence-electron chi connectivity index (χ4n) is 7.03. The number of hydrogen-bond donors (Lipinski definition) is 3. The van der Waals surface area contributed by atoms with Gasteiger partial charge >= 0.3 is 5.97 Å². The third kappa shape index (κ3) is 7.66. The summed E-state index contributed by atoms with van der Waals surface area (Å²) in [5.74, 6) is 0.818. The Morgan fingerprint density at radius 1 is 1.12 bits per heavy atom. The van der Waals surface area contributed by atoms with Crippen molar-refractivity contribution in [2.75, 3.05) is 12.4 Å². The Labute approximate surface area is 270 Å². The van der Waals surface area contributed by atoms with Crippen LogP contribution < -0.4 is 21.5 Å². The molecule has 0 radical (unpaired) electrons. The number of aromatic nitrogens is 1. The largest absolute Gasteiger partial charge is 0.466 e. The highest BCUT2D eigenvalue weighted by molar-refractivity contribution is 9.12. The number of pyridine rings is 1. The molecule has 2 aromatic heterocycles. The number of anilines is 1. The van der Waals surface area contributed by atoms with E-state index in [-0.39, 0.29) is 37.0 Å². The number of methoxy groups -OCH3 is 1. The van der Waals surface area contributed by atoms with Gasteiger partial charge in [0.05, 0.1) is 20.2 Å². The second-order valence-corrected chi connectivity index (χ2v) is 15.4. The molecule has 0 aliphatic heterocycles. The molecule has 13 heteroatoms. The van der Waals surface area contributed by atoms with Crippen LogP contribution in [-0.4, -0.2) is 47.5 Å². The van der Waals surface area contributed by atoms with Gasteiger partial charge in [-0.05, 0) is 119 Å². The normalized spacial score (nSPS) is 24.5. The molecule has 3 N–H and O–H groups in total. The number of thiophene rings is 1. The smallest absolute Gasteiger partial charge is 0.330 e. The number of allylic oxidation sites excluding steroid dienone is 1. The number of hydrogen-bond acceptors (Lipinski definition) is 7. The Morgan fingerprint density at radius 2 is 1.81 bits per heavy atom. The van der Waals surface area contributed by atoms with Crippen molar-refractivity contribution in [2.24, 2.45) is 23.7 Å². The van der Waals surface area contributed by atoms with E-state index in [9.17, 15) is 24.0 Å². The van der Waals surface area contributed by atoms with E-state index >= 15 is 0 Å². The standard InChI is InChI=1S/C30H34Br2N4O6S/c1-42-25(38)7-3-2-5-21(33-28(39)20-14-23(31)43-27(20)32)29(40)34-22-6-4-8-36(30(22)41)15-24(37)35-26-18-10-16-9-17(12-18)13-19(26)11-16/h3-4,6-8,14,16-19,21,26H,2,5,9-13,15H2,1H3,(H,33,39)(H,34,40)(H,35,37)/b7-3+/t16?,17?,18?,19?,21-,26?/m0/s1. The minimum absolute atomic E-state index is 0.00117. The number of nitrogens with zero attached hydrogens (tertiary/aromatic N) is 1. The van der Waals surface area contributed by atoms with E-state index < -0.39 is 29.4 Å². The molecular formula is C30H34Br2N4O6S. The van der Waals surface area contributed by atoms with Gasteiger partial charge in [0, 0.05) is 18.3 Å². The molecule has 0 saturated heterocycles. The van der Waals surface area contributed by atoms with Crippen molar-refractivity contribution in [1.29, 1.82) is 0 Å². The third-order valence-electron chi connectivity index (χ3n) is 8.75. The first-order chi connectivity index (χ1) is 20.6. The molecule has 4 saturated carbocycles. The first kappa shape index (κ1) is 31.6. The van der Waals surface area contributed by atoms with Crippen LogP contribution in [0.3, 0.4) is 0 Å². The number of halogens is 2. The fraction of sp³-hybridized carbons (Fsp3) is 0.500. The molecule has 4 aliphatic carbocycles. The van der Waals surface area contributed by atoms with E-state index in [0.717, 1.165) is 15.6 Å². The van der Waals surface area contributed by atoms with Crippen molar-refractivity contribution in [3.05, 3.63) is 60.0 Å². The highest BCUT2D eigenvalue weighted by Crippen LogP contribution is 2.53. The molecule has 4 aliphatic rings. The lowest BCUT2D eigenvalue weighted by Crippen LogP contribution is -2.56. The minimum Gasteiger partial charge on any atom is -0.466 e. The van der Waals surface area contributed by atoms with Gasteiger partial charge < -0.3 is 25.3 Å². The SMILES string of the molecule is COC(=O)/C=C/CC[C@H](NC(=O)c1cc(Br)sc1Br)C(=O)Nc1cccn(CC(=O)NC2C3CC4CC(C3)CC2C4)c1=O. The molecule has 4 bridgehead atoms. The molecule has 10 nitrogen and oxygen atoms in total. The van der Waals surface area contributed by atoms with Crippen molar-refractivity contribution in [3.8, 4) is 0 Å². The Kier molecular flexibility index (Phi) is 10.2. The van der Waals surface area contributed by atoms with Gasteiger partial charge in [-0.2, -0.15) is 0 Å². The maximum Gasteiger partial charge on any atom is 0.330 e. The topological polar surface area (TPSA) is 136 Å². The van der Waals surface area contributed by atoms with Crippen LogP contribution >= 0.6 is 43.2 Å². The average molecular weight is 738 g/mol. The molecule has 43 heavy (non-hydrogen) atoms. The van der Waals surface area contributed by atoms with Gasteiger partial charge in [-0.3, -0.25) is 19.2 Å².